The summed E-state index contributed by atoms with van der Waals surface area (Å²) in [6.45, 7) is 0.920. The van der Waals surface area contributed by atoms with Crippen LogP contribution in [0.1, 0.15) is 18.4 Å². The highest BCUT2D eigenvalue weighted by Crippen LogP contribution is 2.28. The molecule has 3 rings (SSSR count). The zero-order chi connectivity index (χ0) is 16.4. The smallest absolute Gasteiger partial charge is 0.327 e. The molecule has 23 heavy (non-hydrogen) atoms. The summed E-state index contributed by atoms with van der Waals surface area (Å²) in [4.78, 5) is 27.5. The summed E-state index contributed by atoms with van der Waals surface area (Å²) in [6, 6.07) is 6.89. The van der Waals surface area contributed by atoms with Crippen molar-refractivity contribution in [3.8, 4) is 0 Å². The van der Waals surface area contributed by atoms with Crippen molar-refractivity contribution in [2.75, 3.05) is 25.0 Å². The second kappa shape index (κ2) is 6.55. The van der Waals surface area contributed by atoms with Gasteiger partial charge in [-0.05, 0) is 30.5 Å². The Morgan fingerprint density at radius 3 is 2.65 bits per heavy atom. The quantitative estimate of drug-likeness (QED) is 0.659. The molecule has 2 unspecified atom stereocenters. The van der Waals surface area contributed by atoms with Crippen LogP contribution in [0.15, 0.2) is 24.3 Å². The molecule has 0 aliphatic carbocycles. The van der Waals surface area contributed by atoms with Crippen LogP contribution in [0.3, 0.4) is 0 Å². The number of urea groups is 1. The standard InChI is InChI=1S/C16H21N3O4/c20-10-13(21)8-17-12-5-3-11(4-6-12)9-19-15(22)14-2-1-7-18(14)16(19)23/h3-6,13-14,17,20-21H,1-2,7-10H2. The van der Waals surface area contributed by atoms with Crippen LogP contribution < -0.4 is 5.32 Å². The van der Waals surface area contributed by atoms with Crippen molar-refractivity contribution in [1.82, 2.24) is 9.80 Å². The maximum Gasteiger partial charge on any atom is 0.327 e. The Bertz CT molecular complexity index is 567. The molecule has 1 aromatic rings. The van der Waals surface area contributed by atoms with Crippen molar-refractivity contribution in [3.63, 3.8) is 0 Å². The predicted molar refractivity (Wildman–Crippen MR) is 83.7 cm³/mol. The number of nitrogens with one attached hydrogen (secondary N) is 1. The monoisotopic (exact) mass is 319 g/mol. The Labute approximate surface area is 134 Å². The fourth-order valence-electron chi connectivity index (χ4n) is 3.04. The van der Waals surface area contributed by atoms with Gasteiger partial charge in [-0.3, -0.25) is 9.69 Å². The van der Waals surface area contributed by atoms with Gasteiger partial charge in [-0.15, -0.1) is 0 Å². The van der Waals surface area contributed by atoms with E-state index in [1.54, 1.807) is 4.90 Å². The van der Waals surface area contributed by atoms with Crippen molar-refractivity contribution >= 4 is 17.6 Å². The molecule has 2 atom stereocenters. The minimum Gasteiger partial charge on any atom is -0.394 e. The number of carbonyl (C=O) groups is 2. The van der Waals surface area contributed by atoms with Crippen molar-refractivity contribution < 1.29 is 19.8 Å². The number of rotatable bonds is 6. The summed E-state index contributed by atoms with van der Waals surface area (Å²) in [5.74, 6) is -0.0965. The summed E-state index contributed by atoms with van der Waals surface area (Å²) < 4.78 is 0. The molecule has 0 radical (unpaired) electrons. The largest absolute Gasteiger partial charge is 0.394 e. The lowest BCUT2D eigenvalue weighted by Crippen LogP contribution is -2.32. The summed E-state index contributed by atoms with van der Waals surface area (Å²) >= 11 is 0. The van der Waals surface area contributed by atoms with Crippen LogP contribution >= 0.6 is 0 Å². The number of amides is 3. The van der Waals surface area contributed by atoms with Gasteiger partial charge in [0, 0.05) is 18.8 Å². The molecule has 3 amide bonds. The van der Waals surface area contributed by atoms with Crippen molar-refractivity contribution in [1.29, 1.82) is 0 Å². The second-order valence-electron chi connectivity index (χ2n) is 5.97. The van der Waals surface area contributed by atoms with Gasteiger partial charge in [-0.2, -0.15) is 0 Å². The van der Waals surface area contributed by atoms with Gasteiger partial charge in [-0.1, -0.05) is 12.1 Å². The van der Waals surface area contributed by atoms with Gasteiger partial charge < -0.3 is 20.4 Å². The molecule has 7 nitrogen and oxygen atoms in total. The molecule has 0 spiro atoms. The van der Waals surface area contributed by atoms with Crippen LogP contribution in [-0.4, -0.2) is 63.8 Å². The lowest BCUT2D eigenvalue weighted by atomic mass is 10.1. The number of benzene rings is 1. The predicted octanol–water partition coefficient (Wildman–Crippen LogP) is 0.378. The van der Waals surface area contributed by atoms with Crippen molar-refractivity contribution in [2.45, 2.75) is 31.5 Å². The molecule has 2 saturated heterocycles. The SMILES string of the molecule is O=C1C2CCCN2C(=O)N1Cc1ccc(NCC(O)CO)cc1. The van der Waals surface area contributed by atoms with E-state index in [-0.39, 0.29) is 37.7 Å². The van der Waals surface area contributed by atoms with Crippen LogP contribution in [0, 0.1) is 0 Å². The number of carbonyl (C=O) groups excluding carboxylic acids is 2. The normalized spacial score (nSPS) is 21.7. The van der Waals surface area contributed by atoms with Crippen LogP contribution in [0.2, 0.25) is 0 Å². The molecule has 1 aromatic carbocycles. The zero-order valence-corrected chi connectivity index (χ0v) is 12.8. The number of aliphatic hydroxyl groups excluding tert-OH is 2. The maximum atomic E-state index is 12.3. The van der Waals surface area contributed by atoms with E-state index in [1.165, 1.54) is 4.90 Å². The van der Waals surface area contributed by atoms with E-state index >= 15 is 0 Å². The molecular formula is C16H21N3O4. The van der Waals surface area contributed by atoms with Gasteiger partial charge in [0.25, 0.3) is 5.91 Å². The van der Waals surface area contributed by atoms with Gasteiger partial charge in [0.05, 0.1) is 19.3 Å². The number of fused-ring (bicyclic) bond motifs is 1. The third-order valence-corrected chi connectivity index (χ3v) is 4.33. The maximum absolute atomic E-state index is 12.3. The molecule has 124 valence electrons. The average Bonchev–Trinajstić information content (AvgIpc) is 3.13. The van der Waals surface area contributed by atoms with Crippen LogP contribution in [0.25, 0.3) is 0 Å². The fourth-order valence-corrected chi connectivity index (χ4v) is 3.04. The summed E-state index contributed by atoms with van der Waals surface area (Å²) in [5.41, 5.74) is 1.68. The van der Waals surface area contributed by atoms with E-state index in [0.717, 1.165) is 24.1 Å². The highest BCUT2D eigenvalue weighted by molar-refractivity contribution is 6.04. The highest BCUT2D eigenvalue weighted by atomic mass is 16.3. The fraction of sp³-hybridized carbons (Fsp3) is 0.500. The molecule has 7 heteroatoms. The van der Waals surface area contributed by atoms with Crippen molar-refractivity contribution in [3.05, 3.63) is 29.8 Å². The van der Waals surface area contributed by atoms with Gasteiger partial charge in [0.1, 0.15) is 6.04 Å². The molecule has 2 fully saturated rings. The Kier molecular flexibility index (Phi) is 4.49. The number of hydrogen-bond acceptors (Lipinski definition) is 5. The van der Waals surface area contributed by atoms with E-state index < -0.39 is 6.10 Å². The lowest BCUT2D eigenvalue weighted by molar-refractivity contribution is -0.128. The molecule has 2 aliphatic heterocycles. The first kappa shape index (κ1) is 15.8. The minimum atomic E-state index is -0.803. The third-order valence-electron chi connectivity index (χ3n) is 4.33. The van der Waals surface area contributed by atoms with Gasteiger partial charge in [-0.25, -0.2) is 4.79 Å². The Morgan fingerprint density at radius 1 is 1.26 bits per heavy atom. The topological polar surface area (TPSA) is 93.1 Å². The number of aliphatic hydroxyl groups is 2. The van der Waals surface area contributed by atoms with Crippen molar-refractivity contribution in [2.24, 2.45) is 0 Å². The molecule has 2 aliphatic rings. The number of anilines is 1. The van der Waals surface area contributed by atoms with E-state index in [4.69, 9.17) is 5.11 Å². The summed E-state index contributed by atoms with van der Waals surface area (Å²) in [7, 11) is 0. The summed E-state index contributed by atoms with van der Waals surface area (Å²) in [5, 5.41) is 21.1. The number of imide groups is 1. The van der Waals surface area contributed by atoms with E-state index in [0.29, 0.717) is 6.54 Å². The van der Waals surface area contributed by atoms with Crippen LogP contribution in [0.5, 0.6) is 0 Å². The lowest BCUT2D eigenvalue weighted by Gasteiger charge is -2.16. The summed E-state index contributed by atoms with van der Waals surface area (Å²) in [6.07, 6.45) is 0.857. The Hall–Kier alpha value is -2.12. The highest BCUT2D eigenvalue weighted by Gasteiger charge is 2.47. The molecule has 0 saturated carbocycles. The molecule has 0 aromatic heterocycles. The minimum absolute atomic E-state index is 0.0965. The number of nitrogens with zero attached hydrogens (tertiary/aromatic N) is 2. The number of hydrogen-bond donors (Lipinski definition) is 3. The first-order valence-corrected chi connectivity index (χ1v) is 7.84. The Morgan fingerprint density at radius 2 is 2.00 bits per heavy atom. The van der Waals surface area contributed by atoms with Gasteiger partial charge >= 0.3 is 6.03 Å². The van der Waals surface area contributed by atoms with E-state index in [1.807, 2.05) is 24.3 Å². The third kappa shape index (κ3) is 3.16. The van der Waals surface area contributed by atoms with E-state index in [9.17, 15) is 14.7 Å². The van der Waals surface area contributed by atoms with Gasteiger partial charge in [0.2, 0.25) is 0 Å². The molecule has 2 heterocycles. The first-order chi connectivity index (χ1) is 11.1. The first-order valence-electron chi connectivity index (χ1n) is 7.84. The van der Waals surface area contributed by atoms with E-state index in [2.05, 4.69) is 5.32 Å². The van der Waals surface area contributed by atoms with Crippen LogP contribution in [0.4, 0.5) is 10.5 Å². The van der Waals surface area contributed by atoms with Gasteiger partial charge in [0.15, 0.2) is 0 Å². The molecular weight excluding hydrogens is 298 g/mol. The molecule has 3 N–H and O–H groups in total. The average molecular weight is 319 g/mol. The molecule has 0 bridgehead atoms. The van der Waals surface area contributed by atoms with Crippen LogP contribution in [-0.2, 0) is 11.3 Å². The zero-order valence-electron chi connectivity index (χ0n) is 12.8. The second-order valence-corrected chi connectivity index (χ2v) is 5.97. The Balaban J connectivity index is 1.60.